The normalized spacial score (nSPS) is 14.1. The predicted molar refractivity (Wildman–Crippen MR) is 162 cm³/mol. The van der Waals surface area contributed by atoms with Crippen LogP contribution in [-0.2, 0) is 4.79 Å². The van der Waals surface area contributed by atoms with E-state index in [1.807, 2.05) is 26.0 Å². The topological polar surface area (TPSA) is 159 Å². The number of benzene rings is 2. The smallest absolute Gasteiger partial charge is 0.273 e. The molecule has 1 heterocycles. The zero-order valence-electron chi connectivity index (χ0n) is 24.5. The van der Waals surface area contributed by atoms with Crippen molar-refractivity contribution in [2.75, 3.05) is 32.0 Å². The van der Waals surface area contributed by atoms with E-state index in [-0.39, 0.29) is 28.2 Å². The van der Waals surface area contributed by atoms with Gasteiger partial charge in [-0.3, -0.25) is 19.3 Å². The first-order valence-corrected chi connectivity index (χ1v) is 14.4. The SMILES string of the molecule is COc1cc([C@H](C(=O)NC2CCCCC2)N(C(=O)c2snc(C(N)=O)c2N)c2ccc(C)cc2C)cc(OC)c1OC. The molecule has 3 amide bonds. The third-order valence-corrected chi connectivity index (χ3v) is 8.30. The van der Waals surface area contributed by atoms with Crippen LogP contribution in [-0.4, -0.2) is 49.5 Å². The summed E-state index contributed by atoms with van der Waals surface area (Å²) in [6.45, 7) is 3.80. The first-order chi connectivity index (χ1) is 20.1. The summed E-state index contributed by atoms with van der Waals surface area (Å²) in [7, 11) is 4.45. The van der Waals surface area contributed by atoms with E-state index < -0.39 is 17.9 Å². The van der Waals surface area contributed by atoms with Crippen molar-refractivity contribution in [3.05, 3.63) is 57.6 Å². The third kappa shape index (κ3) is 6.13. The molecule has 3 aromatic rings. The highest BCUT2D eigenvalue weighted by atomic mass is 32.1. The van der Waals surface area contributed by atoms with Gasteiger partial charge in [-0.15, -0.1) is 0 Å². The largest absolute Gasteiger partial charge is 0.493 e. The minimum absolute atomic E-state index is 0.00770. The fraction of sp³-hybridized carbons (Fsp3) is 0.400. The lowest BCUT2D eigenvalue weighted by molar-refractivity contribution is -0.123. The molecule has 0 saturated heterocycles. The summed E-state index contributed by atoms with van der Waals surface area (Å²) in [4.78, 5) is 42.2. The van der Waals surface area contributed by atoms with Crippen LogP contribution in [0.25, 0.3) is 0 Å². The molecular formula is C30H37N5O6S. The number of carbonyl (C=O) groups excluding carboxylic acids is 3. The standard InChI is InChI=1S/C30H37N5O6S/c1-16-11-12-20(17(2)13-16)35(30(38)27-23(31)24(28(32)36)34-42-27)25(29(37)33-19-9-7-6-8-10-19)18-14-21(39-3)26(41-5)22(15-18)40-4/h11-15,19,25H,6-10,31H2,1-5H3,(H2,32,36)(H,33,37)/t25-/m1/s1. The van der Waals surface area contributed by atoms with Gasteiger partial charge in [0.15, 0.2) is 17.2 Å². The van der Waals surface area contributed by atoms with Crippen LogP contribution < -0.4 is 35.9 Å². The summed E-state index contributed by atoms with van der Waals surface area (Å²) in [6.07, 6.45) is 4.81. The second-order valence-electron chi connectivity index (χ2n) is 10.3. The van der Waals surface area contributed by atoms with Crippen molar-refractivity contribution in [2.45, 2.75) is 58.0 Å². The molecule has 1 aliphatic carbocycles. The molecule has 1 aliphatic rings. The van der Waals surface area contributed by atoms with Crippen LogP contribution in [0.3, 0.4) is 0 Å². The number of hydrogen-bond acceptors (Lipinski definition) is 9. The Balaban J connectivity index is 1.97. The van der Waals surface area contributed by atoms with E-state index in [0.717, 1.165) is 54.8 Å². The Bertz CT molecular complexity index is 1460. The summed E-state index contributed by atoms with van der Waals surface area (Å²) in [6, 6.07) is 7.65. The zero-order chi connectivity index (χ0) is 30.6. The van der Waals surface area contributed by atoms with E-state index >= 15 is 0 Å². The van der Waals surface area contributed by atoms with Gasteiger partial charge in [-0.25, -0.2) is 0 Å². The average molecular weight is 596 g/mol. The molecule has 224 valence electrons. The number of aryl methyl sites for hydroxylation is 2. The van der Waals surface area contributed by atoms with Gasteiger partial charge in [0.2, 0.25) is 11.7 Å². The molecular weight excluding hydrogens is 558 g/mol. The van der Waals surface area contributed by atoms with E-state index in [1.165, 1.54) is 26.2 Å². The Morgan fingerprint density at radius 2 is 1.64 bits per heavy atom. The van der Waals surface area contributed by atoms with E-state index in [4.69, 9.17) is 25.7 Å². The summed E-state index contributed by atoms with van der Waals surface area (Å²) in [5, 5.41) is 3.18. The maximum absolute atomic E-state index is 14.5. The number of nitrogens with two attached hydrogens (primary N) is 2. The Morgan fingerprint density at radius 3 is 2.17 bits per heavy atom. The lowest BCUT2D eigenvalue weighted by atomic mass is 9.94. The average Bonchev–Trinajstić information content (AvgIpc) is 3.37. The Morgan fingerprint density at radius 1 is 1.00 bits per heavy atom. The molecule has 0 unspecified atom stereocenters. The second kappa shape index (κ2) is 13.1. The van der Waals surface area contributed by atoms with Gasteiger partial charge in [-0.2, -0.15) is 4.37 Å². The number of nitrogen functional groups attached to an aromatic ring is 1. The van der Waals surface area contributed by atoms with Gasteiger partial charge in [0.1, 0.15) is 10.9 Å². The van der Waals surface area contributed by atoms with Gasteiger partial charge in [-0.1, -0.05) is 37.0 Å². The number of nitrogens with one attached hydrogen (secondary N) is 1. The molecule has 0 radical (unpaired) electrons. The van der Waals surface area contributed by atoms with E-state index in [0.29, 0.717) is 28.5 Å². The van der Waals surface area contributed by atoms with Crippen molar-refractivity contribution in [3.8, 4) is 17.2 Å². The van der Waals surface area contributed by atoms with E-state index in [9.17, 15) is 14.4 Å². The number of rotatable bonds is 10. The van der Waals surface area contributed by atoms with E-state index in [2.05, 4.69) is 9.69 Å². The van der Waals surface area contributed by atoms with Gasteiger partial charge < -0.3 is 31.0 Å². The van der Waals surface area contributed by atoms with Gasteiger partial charge in [0.05, 0.1) is 27.0 Å². The lowest BCUT2D eigenvalue weighted by Gasteiger charge is -2.34. The number of ether oxygens (including phenoxy) is 3. The number of aromatic nitrogens is 1. The van der Waals surface area contributed by atoms with Gasteiger partial charge in [-0.05, 0) is 67.5 Å². The van der Waals surface area contributed by atoms with Crippen molar-refractivity contribution in [1.82, 2.24) is 9.69 Å². The minimum atomic E-state index is -1.19. The van der Waals surface area contributed by atoms with Crippen molar-refractivity contribution in [3.63, 3.8) is 0 Å². The highest BCUT2D eigenvalue weighted by Gasteiger charge is 2.38. The molecule has 1 aromatic heterocycles. The molecule has 42 heavy (non-hydrogen) atoms. The van der Waals surface area contributed by atoms with Gasteiger partial charge >= 0.3 is 0 Å². The quantitative estimate of drug-likeness (QED) is 0.313. The molecule has 2 aromatic carbocycles. The fourth-order valence-electron chi connectivity index (χ4n) is 5.38. The van der Waals surface area contributed by atoms with Crippen LogP contribution in [0.4, 0.5) is 11.4 Å². The molecule has 1 saturated carbocycles. The first kappa shape index (κ1) is 30.6. The molecule has 1 atom stereocenters. The number of amides is 3. The van der Waals surface area contributed by atoms with Crippen LogP contribution in [0.5, 0.6) is 17.2 Å². The molecule has 0 spiro atoms. The second-order valence-corrected chi connectivity index (χ2v) is 11.1. The summed E-state index contributed by atoms with van der Waals surface area (Å²) in [5.41, 5.74) is 14.0. The van der Waals surface area contributed by atoms with Crippen LogP contribution in [0, 0.1) is 13.8 Å². The van der Waals surface area contributed by atoms with Crippen LogP contribution in [0.2, 0.25) is 0 Å². The van der Waals surface area contributed by atoms with Crippen LogP contribution in [0.15, 0.2) is 30.3 Å². The number of hydrogen-bond donors (Lipinski definition) is 3. The van der Waals surface area contributed by atoms with Crippen LogP contribution >= 0.6 is 11.5 Å². The first-order valence-electron chi connectivity index (χ1n) is 13.7. The van der Waals surface area contributed by atoms with E-state index in [1.54, 1.807) is 18.2 Å². The number of nitrogens with zero attached hydrogens (tertiary/aromatic N) is 2. The van der Waals surface area contributed by atoms with Gasteiger partial charge in [0, 0.05) is 11.7 Å². The maximum Gasteiger partial charge on any atom is 0.273 e. The summed E-state index contributed by atoms with van der Waals surface area (Å²) in [5.74, 6) is -0.855. The summed E-state index contributed by atoms with van der Waals surface area (Å²) >= 11 is 0.758. The third-order valence-electron chi connectivity index (χ3n) is 7.45. The Labute approximate surface area is 249 Å². The maximum atomic E-state index is 14.5. The van der Waals surface area contributed by atoms with Crippen molar-refractivity contribution in [1.29, 1.82) is 0 Å². The molecule has 1 fully saturated rings. The van der Waals surface area contributed by atoms with Crippen molar-refractivity contribution >= 4 is 40.6 Å². The Hall–Kier alpha value is -4.32. The molecule has 5 N–H and O–H groups in total. The summed E-state index contributed by atoms with van der Waals surface area (Å²) < 4.78 is 20.7. The minimum Gasteiger partial charge on any atom is -0.493 e. The number of carbonyl (C=O) groups is 3. The van der Waals surface area contributed by atoms with Crippen molar-refractivity contribution in [2.24, 2.45) is 5.73 Å². The predicted octanol–water partition coefficient (Wildman–Crippen LogP) is 4.30. The lowest BCUT2D eigenvalue weighted by Crippen LogP contribution is -2.47. The number of anilines is 2. The monoisotopic (exact) mass is 595 g/mol. The molecule has 0 bridgehead atoms. The number of primary amides is 1. The van der Waals surface area contributed by atoms with Gasteiger partial charge in [0.25, 0.3) is 11.8 Å². The molecule has 4 rings (SSSR count). The zero-order valence-corrected chi connectivity index (χ0v) is 25.3. The molecule has 11 nitrogen and oxygen atoms in total. The molecule has 0 aliphatic heterocycles. The fourth-order valence-corrected chi connectivity index (χ4v) is 6.13. The molecule has 12 heteroatoms. The van der Waals surface area contributed by atoms with Crippen LogP contribution in [0.1, 0.15) is 75.0 Å². The van der Waals surface area contributed by atoms with Crippen molar-refractivity contribution < 1.29 is 28.6 Å². The highest BCUT2D eigenvalue weighted by molar-refractivity contribution is 7.09. The Kier molecular flexibility index (Phi) is 9.56. The highest BCUT2D eigenvalue weighted by Crippen LogP contribution is 2.43. The number of methoxy groups -OCH3 is 3.